The third kappa shape index (κ3) is 4.76. The van der Waals surface area contributed by atoms with Crippen molar-refractivity contribution in [2.45, 2.75) is 12.6 Å². The molecule has 0 spiro atoms. The van der Waals surface area contributed by atoms with Crippen LogP contribution in [0.4, 0.5) is 18.9 Å². The molecular weight excluding hydrogens is 233 g/mol. The fourth-order valence-electron chi connectivity index (χ4n) is 1.21. The summed E-state index contributed by atoms with van der Waals surface area (Å²) in [6.45, 7) is -0.407. The van der Waals surface area contributed by atoms with E-state index in [4.69, 9.17) is 0 Å². The minimum atomic E-state index is -4.25. The second-order valence-electron chi connectivity index (χ2n) is 3.45. The van der Waals surface area contributed by atoms with Crippen molar-refractivity contribution in [1.29, 1.82) is 0 Å². The van der Waals surface area contributed by atoms with Gasteiger partial charge in [-0.25, -0.2) is 0 Å². The number of carbonyl (C=O) groups excluding carboxylic acids is 1. The number of rotatable bonds is 4. The van der Waals surface area contributed by atoms with Crippen LogP contribution in [0, 0.1) is 0 Å². The maximum atomic E-state index is 11.8. The van der Waals surface area contributed by atoms with Crippen LogP contribution in [0.3, 0.4) is 0 Å². The van der Waals surface area contributed by atoms with E-state index in [0.717, 1.165) is 5.69 Å². The van der Waals surface area contributed by atoms with E-state index in [9.17, 15) is 18.0 Å². The molecule has 2 N–H and O–H groups in total. The highest BCUT2D eigenvalue weighted by Gasteiger charge is 2.26. The number of carbonyl (C=O) groups is 1. The van der Waals surface area contributed by atoms with Gasteiger partial charge in [0.15, 0.2) is 0 Å². The first-order chi connectivity index (χ1) is 7.92. The Balaban J connectivity index is 2.47. The second-order valence-corrected chi connectivity index (χ2v) is 3.45. The van der Waals surface area contributed by atoms with Crippen LogP contribution in [0.2, 0.25) is 0 Å². The van der Waals surface area contributed by atoms with Gasteiger partial charge < -0.3 is 10.6 Å². The summed E-state index contributed by atoms with van der Waals surface area (Å²) in [5.41, 5.74) is 1.17. The molecule has 1 aromatic carbocycles. The lowest BCUT2D eigenvalue weighted by atomic mass is 10.2. The third-order valence-corrected chi connectivity index (χ3v) is 2.13. The minimum absolute atomic E-state index is 0.339. The average molecular weight is 246 g/mol. The summed E-state index contributed by atoms with van der Waals surface area (Å²) >= 11 is 0. The molecule has 0 fully saturated rings. The van der Waals surface area contributed by atoms with E-state index in [0.29, 0.717) is 5.56 Å². The molecule has 0 saturated carbocycles. The minimum Gasteiger partial charge on any atom is -0.388 e. The summed E-state index contributed by atoms with van der Waals surface area (Å²) in [6.07, 6.45) is -5.27. The molecule has 0 aliphatic rings. The molecule has 1 aromatic rings. The zero-order chi connectivity index (χ0) is 12.9. The van der Waals surface area contributed by atoms with Gasteiger partial charge in [0.1, 0.15) is 0 Å². The highest BCUT2D eigenvalue weighted by Crippen LogP contribution is 2.18. The van der Waals surface area contributed by atoms with E-state index in [2.05, 4.69) is 10.6 Å². The Morgan fingerprint density at radius 3 is 2.29 bits per heavy atom. The Bertz CT molecular complexity index is 373. The van der Waals surface area contributed by atoms with E-state index < -0.39 is 25.0 Å². The SMILES string of the molecule is CNc1ccc(C(=O)NCCC(F)(F)F)cc1. The Labute approximate surface area is 97.0 Å². The topological polar surface area (TPSA) is 41.1 Å². The lowest BCUT2D eigenvalue weighted by Crippen LogP contribution is -2.27. The van der Waals surface area contributed by atoms with Crippen molar-refractivity contribution in [1.82, 2.24) is 5.32 Å². The quantitative estimate of drug-likeness (QED) is 0.856. The molecule has 0 heterocycles. The number of halogens is 3. The molecule has 0 atom stereocenters. The standard InChI is InChI=1S/C11H13F3N2O/c1-15-9-4-2-8(3-5-9)10(17)16-7-6-11(12,13)14/h2-5,15H,6-7H2,1H3,(H,16,17). The molecule has 0 radical (unpaired) electrons. The molecule has 0 aromatic heterocycles. The molecule has 3 nitrogen and oxygen atoms in total. The van der Waals surface area contributed by atoms with Crippen LogP contribution in [0.1, 0.15) is 16.8 Å². The van der Waals surface area contributed by atoms with Crippen LogP contribution >= 0.6 is 0 Å². The van der Waals surface area contributed by atoms with E-state index in [-0.39, 0.29) is 0 Å². The van der Waals surface area contributed by atoms with Crippen molar-refractivity contribution >= 4 is 11.6 Å². The molecular formula is C11H13F3N2O. The number of hydrogen-bond acceptors (Lipinski definition) is 2. The van der Waals surface area contributed by atoms with Gasteiger partial charge in [0.25, 0.3) is 5.91 Å². The maximum absolute atomic E-state index is 11.8. The number of alkyl halides is 3. The Hall–Kier alpha value is -1.72. The van der Waals surface area contributed by atoms with Gasteiger partial charge in [0, 0.05) is 24.8 Å². The first-order valence-corrected chi connectivity index (χ1v) is 5.05. The Kier molecular flexibility index (Phi) is 4.37. The molecule has 0 aliphatic carbocycles. The van der Waals surface area contributed by atoms with Crippen LogP contribution < -0.4 is 10.6 Å². The summed E-state index contributed by atoms with van der Waals surface area (Å²) in [7, 11) is 1.73. The van der Waals surface area contributed by atoms with Gasteiger partial charge in [-0.2, -0.15) is 13.2 Å². The molecule has 1 rings (SSSR count). The van der Waals surface area contributed by atoms with Gasteiger partial charge in [-0.05, 0) is 24.3 Å². The van der Waals surface area contributed by atoms with E-state index in [1.807, 2.05) is 0 Å². The summed E-state index contributed by atoms with van der Waals surface area (Å²) in [5.74, 6) is -0.503. The highest BCUT2D eigenvalue weighted by atomic mass is 19.4. The molecule has 0 unspecified atom stereocenters. The van der Waals surface area contributed by atoms with E-state index >= 15 is 0 Å². The van der Waals surface area contributed by atoms with Crippen LogP contribution in [-0.2, 0) is 0 Å². The smallest absolute Gasteiger partial charge is 0.388 e. The fraction of sp³-hybridized carbons (Fsp3) is 0.364. The second kappa shape index (κ2) is 5.56. The number of anilines is 1. The molecule has 94 valence electrons. The van der Waals surface area contributed by atoms with Crippen LogP contribution in [0.15, 0.2) is 24.3 Å². The van der Waals surface area contributed by atoms with Crippen LogP contribution in [-0.4, -0.2) is 25.7 Å². The van der Waals surface area contributed by atoms with Gasteiger partial charge in [-0.1, -0.05) is 0 Å². The monoisotopic (exact) mass is 246 g/mol. The zero-order valence-corrected chi connectivity index (χ0v) is 9.27. The van der Waals surface area contributed by atoms with Crippen molar-refractivity contribution in [3.63, 3.8) is 0 Å². The number of benzene rings is 1. The summed E-state index contributed by atoms with van der Waals surface area (Å²) in [5, 5.41) is 5.09. The van der Waals surface area contributed by atoms with Crippen molar-refractivity contribution in [2.24, 2.45) is 0 Å². The number of nitrogens with one attached hydrogen (secondary N) is 2. The molecule has 17 heavy (non-hydrogen) atoms. The number of hydrogen-bond donors (Lipinski definition) is 2. The number of amides is 1. The summed E-state index contributed by atoms with van der Waals surface area (Å²) in [6, 6.07) is 6.46. The van der Waals surface area contributed by atoms with Crippen molar-refractivity contribution in [3.8, 4) is 0 Å². The molecule has 0 aliphatic heterocycles. The first-order valence-electron chi connectivity index (χ1n) is 5.05. The zero-order valence-electron chi connectivity index (χ0n) is 9.27. The largest absolute Gasteiger partial charge is 0.390 e. The molecule has 6 heteroatoms. The summed E-state index contributed by atoms with van der Waals surface area (Å²) in [4.78, 5) is 11.4. The van der Waals surface area contributed by atoms with Crippen molar-refractivity contribution in [2.75, 3.05) is 18.9 Å². The van der Waals surface area contributed by atoms with Gasteiger partial charge in [-0.15, -0.1) is 0 Å². The predicted molar refractivity (Wildman–Crippen MR) is 59.0 cm³/mol. The maximum Gasteiger partial charge on any atom is 0.390 e. The van der Waals surface area contributed by atoms with Crippen LogP contribution in [0.25, 0.3) is 0 Å². The Morgan fingerprint density at radius 2 is 1.82 bits per heavy atom. The van der Waals surface area contributed by atoms with Crippen molar-refractivity contribution in [3.05, 3.63) is 29.8 Å². The van der Waals surface area contributed by atoms with Gasteiger partial charge in [0.05, 0.1) is 6.42 Å². The Morgan fingerprint density at radius 1 is 1.24 bits per heavy atom. The molecule has 0 bridgehead atoms. The van der Waals surface area contributed by atoms with Gasteiger partial charge in [-0.3, -0.25) is 4.79 Å². The normalized spacial score (nSPS) is 11.1. The van der Waals surface area contributed by atoms with Gasteiger partial charge in [0.2, 0.25) is 0 Å². The lowest BCUT2D eigenvalue weighted by molar-refractivity contribution is -0.132. The van der Waals surface area contributed by atoms with Gasteiger partial charge >= 0.3 is 6.18 Å². The third-order valence-electron chi connectivity index (χ3n) is 2.13. The van der Waals surface area contributed by atoms with E-state index in [1.165, 1.54) is 0 Å². The summed E-state index contributed by atoms with van der Waals surface area (Å²) < 4.78 is 35.5. The molecule has 1 amide bonds. The lowest BCUT2D eigenvalue weighted by Gasteiger charge is -2.08. The average Bonchev–Trinajstić information content (AvgIpc) is 2.27. The predicted octanol–water partition coefficient (Wildman–Crippen LogP) is 2.41. The van der Waals surface area contributed by atoms with E-state index in [1.54, 1.807) is 31.3 Å². The fourth-order valence-corrected chi connectivity index (χ4v) is 1.21. The highest BCUT2D eigenvalue weighted by molar-refractivity contribution is 5.94. The first kappa shape index (κ1) is 13.3. The van der Waals surface area contributed by atoms with Crippen LogP contribution in [0.5, 0.6) is 0 Å². The van der Waals surface area contributed by atoms with Crippen molar-refractivity contribution < 1.29 is 18.0 Å². The molecule has 0 saturated heterocycles.